The van der Waals surface area contributed by atoms with Crippen LogP contribution in [0.5, 0.6) is 0 Å². The quantitative estimate of drug-likeness (QED) is 0.723. The number of aromatic amines is 1. The van der Waals surface area contributed by atoms with Crippen molar-refractivity contribution in [2.75, 3.05) is 13.2 Å². The van der Waals surface area contributed by atoms with Crippen molar-refractivity contribution in [2.24, 2.45) is 5.73 Å². The molecule has 1 aromatic rings. The van der Waals surface area contributed by atoms with Gasteiger partial charge in [0.25, 0.3) is 10.0 Å². The van der Waals surface area contributed by atoms with Gasteiger partial charge >= 0.3 is 0 Å². The fourth-order valence-corrected chi connectivity index (χ4v) is 3.91. The highest BCUT2D eigenvalue weighted by Gasteiger charge is 2.35. The summed E-state index contributed by atoms with van der Waals surface area (Å²) < 4.78 is 32.8. The first-order valence-electron chi connectivity index (χ1n) is 6.24. The predicted molar refractivity (Wildman–Crippen MR) is 70.0 cm³/mol. The molecule has 0 saturated carbocycles. The molecule has 108 valence electrons. The molecular weight excluding hydrogens is 268 g/mol. The monoisotopic (exact) mass is 288 g/mol. The fraction of sp³-hybridized carbons (Fsp3) is 0.727. The molecule has 2 heterocycles. The lowest BCUT2D eigenvalue weighted by Crippen LogP contribution is -2.51. The van der Waals surface area contributed by atoms with Crippen LogP contribution in [-0.2, 0) is 21.3 Å². The maximum absolute atomic E-state index is 12.4. The summed E-state index contributed by atoms with van der Waals surface area (Å²) in [4.78, 5) is 0. The molecule has 1 aliphatic rings. The van der Waals surface area contributed by atoms with Gasteiger partial charge in [0.05, 0.1) is 12.1 Å². The zero-order chi connectivity index (χ0) is 14.1. The first kappa shape index (κ1) is 14.4. The minimum absolute atomic E-state index is 0.0145. The van der Waals surface area contributed by atoms with E-state index in [1.807, 2.05) is 6.92 Å². The number of nitrogens with two attached hydrogens (primary N) is 1. The highest BCUT2D eigenvalue weighted by atomic mass is 32.2. The number of ether oxygens (including phenoxy) is 1. The van der Waals surface area contributed by atoms with E-state index >= 15 is 0 Å². The molecule has 0 aliphatic carbocycles. The van der Waals surface area contributed by atoms with Crippen LogP contribution in [0.4, 0.5) is 0 Å². The smallest absolute Gasteiger partial charge is 0.260 e. The van der Waals surface area contributed by atoms with Gasteiger partial charge in [0.2, 0.25) is 0 Å². The Morgan fingerprint density at radius 2 is 2.32 bits per heavy atom. The average Bonchev–Trinajstić information content (AvgIpc) is 2.70. The molecule has 0 aromatic carbocycles. The molecule has 8 heteroatoms. The molecule has 1 aromatic heterocycles. The summed E-state index contributed by atoms with van der Waals surface area (Å²) in [5.41, 5.74) is 6.19. The minimum atomic E-state index is -3.69. The van der Waals surface area contributed by atoms with Crippen molar-refractivity contribution in [3.05, 3.63) is 11.3 Å². The van der Waals surface area contributed by atoms with Crippen molar-refractivity contribution >= 4 is 10.0 Å². The van der Waals surface area contributed by atoms with Crippen molar-refractivity contribution in [3.8, 4) is 0 Å². The predicted octanol–water partition coefficient (Wildman–Crippen LogP) is 0.0242. The highest BCUT2D eigenvalue weighted by molar-refractivity contribution is 7.89. The number of aryl methyl sites for hydroxylation is 1. The van der Waals surface area contributed by atoms with Crippen LogP contribution in [0.2, 0.25) is 0 Å². The van der Waals surface area contributed by atoms with Gasteiger partial charge in [-0.15, -0.1) is 0 Å². The van der Waals surface area contributed by atoms with Crippen molar-refractivity contribution in [1.82, 2.24) is 14.9 Å². The molecule has 1 fully saturated rings. The Hall–Kier alpha value is -0.960. The molecule has 0 spiro atoms. The summed E-state index contributed by atoms with van der Waals surface area (Å²) in [6.45, 7) is 4.76. The van der Waals surface area contributed by atoms with Gasteiger partial charge < -0.3 is 10.5 Å². The van der Waals surface area contributed by atoms with E-state index in [9.17, 15) is 8.42 Å². The molecule has 1 unspecified atom stereocenters. The summed E-state index contributed by atoms with van der Waals surface area (Å²) >= 11 is 0. The SMILES string of the molecule is Cc1[nH]nc(S(=O)(=O)NC2(C)CCCOC2)c1CN. The number of nitrogens with zero attached hydrogens (tertiary/aromatic N) is 1. The van der Waals surface area contributed by atoms with Crippen molar-refractivity contribution < 1.29 is 13.2 Å². The Kier molecular flexibility index (Phi) is 3.95. The van der Waals surface area contributed by atoms with E-state index in [0.717, 1.165) is 12.8 Å². The Morgan fingerprint density at radius 1 is 1.58 bits per heavy atom. The first-order chi connectivity index (χ1) is 8.88. The topological polar surface area (TPSA) is 110 Å². The van der Waals surface area contributed by atoms with Crippen molar-refractivity contribution in [1.29, 1.82) is 0 Å². The average molecular weight is 288 g/mol. The molecular formula is C11H20N4O3S. The molecule has 1 aliphatic heterocycles. The van der Waals surface area contributed by atoms with Crippen LogP contribution in [0.15, 0.2) is 5.03 Å². The van der Waals surface area contributed by atoms with Crippen LogP contribution in [0.1, 0.15) is 31.0 Å². The van der Waals surface area contributed by atoms with Gasteiger partial charge in [0, 0.05) is 24.4 Å². The van der Waals surface area contributed by atoms with Crippen LogP contribution in [0, 0.1) is 6.92 Å². The van der Waals surface area contributed by atoms with Gasteiger partial charge in [-0.3, -0.25) is 5.10 Å². The van der Waals surface area contributed by atoms with Gasteiger partial charge in [-0.2, -0.15) is 5.10 Å². The third kappa shape index (κ3) is 2.97. The lowest BCUT2D eigenvalue weighted by Gasteiger charge is -2.33. The van der Waals surface area contributed by atoms with E-state index in [0.29, 0.717) is 24.5 Å². The molecule has 0 amide bonds. The summed E-state index contributed by atoms with van der Waals surface area (Å²) in [5, 5.41) is 6.51. The van der Waals surface area contributed by atoms with Gasteiger partial charge in [0.15, 0.2) is 5.03 Å². The highest BCUT2D eigenvalue weighted by Crippen LogP contribution is 2.23. The second-order valence-corrected chi connectivity index (χ2v) is 6.76. The summed E-state index contributed by atoms with van der Waals surface area (Å²) in [6, 6.07) is 0. The zero-order valence-corrected chi connectivity index (χ0v) is 12.0. The second-order valence-electron chi connectivity index (χ2n) is 5.16. The van der Waals surface area contributed by atoms with E-state index in [2.05, 4.69) is 14.9 Å². The van der Waals surface area contributed by atoms with Gasteiger partial charge in [0.1, 0.15) is 0 Å². The van der Waals surface area contributed by atoms with Gasteiger partial charge in [-0.05, 0) is 26.7 Å². The van der Waals surface area contributed by atoms with E-state index in [1.54, 1.807) is 6.92 Å². The second kappa shape index (κ2) is 5.20. The Bertz CT molecular complexity index is 546. The van der Waals surface area contributed by atoms with Crippen LogP contribution in [0.25, 0.3) is 0 Å². The van der Waals surface area contributed by atoms with E-state index < -0.39 is 15.6 Å². The number of H-pyrrole nitrogens is 1. The van der Waals surface area contributed by atoms with Gasteiger partial charge in [-0.25, -0.2) is 13.1 Å². The van der Waals surface area contributed by atoms with Crippen LogP contribution in [-0.4, -0.2) is 37.4 Å². The molecule has 7 nitrogen and oxygen atoms in total. The Balaban J connectivity index is 2.27. The summed E-state index contributed by atoms with van der Waals surface area (Å²) in [6.07, 6.45) is 1.58. The van der Waals surface area contributed by atoms with Crippen LogP contribution < -0.4 is 10.5 Å². The summed E-state index contributed by atoms with van der Waals surface area (Å²) in [7, 11) is -3.69. The Morgan fingerprint density at radius 3 is 2.89 bits per heavy atom. The van der Waals surface area contributed by atoms with Crippen LogP contribution >= 0.6 is 0 Å². The normalized spacial score (nSPS) is 24.6. The molecule has 1 atom stereocenters. The Labute approximate surface area is 113 Å². The van der Waals surface area contributed by atoms with Crippen molar-refractivity contribution in [3.63, 3.8) is 0 Å². The number of aromatic nitrogens is 2. The lowest BCUT2D eigenvalue weighted by atomic mass is 9.97. The summed E-state index contributed by atoms with van der Waals surface area (Å²) in [5.74, 6) is 0. The number of rotatable bonds is 4. The lowest BCUT2D eigenvalue weighted by molar-refractivity contribution is 0.0386. The number of sulfonamides is 1. The minimum Gasteiger partial charge on any atom is -0.380 e. The molecule has 0 radical (unpaired) electrons. The third-order valence-corrected chi connectivity index (χ3v) is 4.92. The number of hydrogen-bond donors (Lipinski definition) is 3. The largest absolute Gasteiger partial charge is 0.380 e. The first-order valence-corrected chi connectivity index (χ1v) is 7.72. The molecule has 19 heavy (non-hydrogen) atoms. The number of hydrogen-bond acceptors (Lipinski definition) is 5. The standard InChI is InChI=1S/C11H20N4O3S/c1-8-9(6-12)10(14-13-8)19(16,17)15-11(2)4-3-5-18-7-11/h15H,3-7,12H2,1-2H3,(H,13,14). The van der Waals surface area contributed by atoms with E-state index in [1.165, 1.54) is 0 Å². The molecule has 2 rings (SSSR count). The van der Waals surface area contributed by atoms with Crippen LogP contribution in [0.3, 0.4) is 0 Å². The maximum Gasteiger partial charge on any atom is 0.260 e. The third-order valence-electron chi connectivity index (χ3n) is 3.31. The zero-order valence-electron chi connectivity index (χ0n) is 11.2. The van der Waals surface area contributed by atoms with E-state index in [-0.39, 0.29) is 11.6 Å². The maximum atomic E-state index is 12.4. The molecule has 1 saturated heterocycles. The number of nitrogens with one attached hydrogen (secondary N) is 2. The van der Waals surface area contributed by atoms with Gasteiger partial charge in [-0.1, -0.05) is 0 Å². The fourth-order valence-electron chi connectivity index (χ4n) is 2.28. The van der Waals surface area contributed by atoms with Crippen molar-refractivity contribution in [2.45, 2.75) is 43.8 Å². The molecule has 0 bridgehead atoms. The molecule has 4 N–H and O–H groups in total. The van der Waals surface area contributed by atoms with E-state index in [4.69, 9.17) is 10.5 Å².